The van der Waals surface area contributed by atoms with Crippen molar-refractivity contribution in [3.05, 3.63) is 30.1 Å². The van der Waals surface area contributed by atoms with Gasteiger partial charge in [0.25, 0.3) is 0 Å². The van der Waals surface area contributed by atoms with Crippen molar-refractivity contribution in [2.45, 2.75) is 39.3 Å². The van der Waals surface area contributed by atoms with E-state index in [4.69, 9.17) is 4.74 Å². The Kier molecular flexibility index (Phi) is 4.32. The highest BCUT2D eigenvalue weighted by Crippen LogP contribution is 2.28. The molecule has 108 valence electrons. The Morgan fingerprint density at radius 3 is 2.75 bits per heavy atom. The van der Waals surface area contributed by atoms with Gasteiger partial charge in [0.2, 0.25) is 0 Å². The molecule has 0 N–H and O–H groups in total. The van der Waals surface area contributed by atoms with Gasteiger partial charge in [-0.15, -0.1) is 0 Å². The van der Waals surface area contributed by atoms with Gasteiger partial charge in [0.05, 0.1) is 11.0 Å². The second-order valence-electron chi connectivity index (χ2n) is 4.49. The molecule has 0 bridgehead atoms. The molecule has 6 heteroatoms. The van der Waals surface area contributed by atoms with E-state index in [9.17, 15) is 13.6 Å². The van der Waals surface area contributed by atoms with Crippen molar-refractivity contribution in [2.24, 2.45) is 0 Å². The number of rotatable bonds is 5. The third-order valence-corrected chi connectivity index (χ3v) is 2.94. The minimum atomic E-state index is -2.73. The molecule has 0 aliphatic heterocycles. The van der Waals surface area contributed by atoms with Crippen molar-refractivity contribution in [2.75, 3.05) is 0 Å². The van der Waals surface area contributed by atoms with Crippen LogP contribution in [-0.2, 0) is 9.53 Å². The molecule has 0 radical (unpaired) electrons. The number of esters is 1. The molecule has 0 amide bonds. The van der Waals surface area contributed by atoms with Gasteiger partial charge in [-0.05, 0) is 25.5 Å². The van der Waals surface area contributed by atoms with E-state index in [2.05, 4.69) is 4.98 Å². The first kappa shape index (κ1) is 14.4. The largest absolute Gasteiger partial charge is 0.454 e. The van der Waals surface area contributed by atoms with Crippen molar-refractivity contribution >= 4 is 17.0 Å². The van der Waals surface area contributed by atoms with Crippen LogP contribution in [0.15, 0.2) is 24.3 Å². The third kappa shape index (κ3) is 2.79. The minimum Gasteiger partial charge on any atom is -0.454 e. The maximum atomic E-state index is 13.2. The maximum Gasteiger partial charge on any atom is 0.320 e. The van der Waals surface area contributed by atoms with Crippen molar-refractivity contribution in [1.82, 2.24) is 9.55 Å². The quantitative estimate of drug-likeness (QED) is 0.783. The molecular formula is C14H16F2N2O2. The molecule has 1 heterocycles. The highest BCUT2D eigenvalue weighted by molar-refractivity contribution is 5.76. The van der Waals surface area contributed by atoms with Crippen LogP contribution in [0.1, 0.15) is 45.2 Å². The molecule has 4 nitrogen and oxygen atoms in total. The van der Waals surface area contributed by atoms with Crippen LogP contribution in [-0.4, -0.2) is 15.5 Å². The summed E-state index contributed by atoms with van der Waals surface area (Å²) >= 11 is 0. The topological polar surface area (TPSA) is 44.1 Å². The average Bonchev–Trinajstić information content (AvgIpc) is 2.78. The number of alkyl halides is 2. The van der Waals surface area contributed by atoms with E-state index < -0.39 is 18.6 Å². The van der Waals surface area contributed by atoms with Gasteiger partial charge in [0, 0.05) is 6.42 Å². The van der Waals surface area contributed by atoms with Crippen LogP contribution in [0.25, 0.3) is 11.0 Å². The van der Waals surface area contributed by atoms with E-state index >= 15 is 0 Å². The van der Waals surface area contributed by atoms with Crippen molar-refractivity contribution in [1.29, 1.82) is 0 Å². The number of ether oxygens (including phenoxy) is 1. The van der Waals surface area contributed by atoms with E-state index in [-0.39, 0.29) is 12.2 Å². The lowest BCUT2D eigenvalue weighted by molar-refractivity contribution is -0.149. The summed E-state index contributed by atoms with van der Waals surface area (Å²) in [4.78, 5) is 15.6. The predicted molar refractivity (Wildman–Crippen MR) is 70.4 cm³/mol. The zero-order valence-corrected chi connectivity index (χ0v) is 11.3. The van der Waals surface area contributed by atoms with Crippen molar-refractivity contribution < 1.29 is 18.3 Å². The summed E-state index contributed by atoms with van der Waals surface area (Å²) in [5.41, 5.74) is 0.789. The Morgan fingerprint density at radius 2 is 2.10 bits per heavy atom. The Balaban J connectivity index is 2.37. The van der Waals surface area contributed by atoms with Crippen LogP contribution >= 0.6 is 0 Å². The number of aromatic nitrogens is 2. The molecule has 0 saturated heterocycles. The van der Waals surface area contributed by atoms with Gasteiger partial charge in [0.15, 0.2) is 11.9 Å². The lowest BCUT2D eigenvalue weighted by Gasteiger charge is -2.14. The molecule has 0 spiro atoms. The fraction of sp³-hybridized carbons (Fsp3) is 0.429. The highest BCUT2D eigenvalue weighted by atomic mass is 19.3. The van der Waals surface area contributed by atoms with Gasteiger partial charge in [-0.25, -0.2) is 4.98 Å². The zero-order chi connectivity index (χ0) is 14.7. The van der Waals surface area contributed by atoms with Gasteiger partial charge < -0.3 is 4.74 Å². The Morgan fingerprint density at radius 1 is 1.40 bits per heavy atom. The summed E-state index contributed by atoms with van der Waals surface area (Å²) in [6.45, 7) is 0.665. The standard InChI is InChI=1S/C14H16F2N2O2/c1-3-6-12(19)20-9(2)13-17-10-7-4-5-8-11(10)18(13)14(15)16/h4-5,7-9,14H,3,6H2,1-2H3. The van der Waals surface area contributed by atoms with Crippen LogP contribution in [0, 0.1) is 0 Å². The van der Waals surface area contributed by atoms with Crippen LogP contribution < -0.4 is 0 Å². The molecule has 0 fully saturated rings. The SMILES string of the molecule is CCCC(=O)OC(C)c1nc2ccccc2n1C(F)F. The number of carbonyl (C=O) groups is 1. The molecule has 2 aromatic rings. The second-order valence-corrected chi connectivity index (χ2v) is 4.49. The molecule has 1 aromatic heterocycles. The lowest BCUT2D eigenvalue weighted by atomic mass is 10.3. The van der Waals surface area contributed by atoms with Gasteiger partial charge in [-0.3, -0.25) is 9.36 Å². The molecule has 1 unspecified atom stereocenters. The van der Waals surface area contributed by atoms with Gasteiger partial charge in [-0.1, -0.05) is 19.1 Å². The van der Waals surface area contributed by atoms with Crippen LogP contribution in [0.3, 0.4) is 0 Å². The summed E-state index contributed by atoms with van der Waals surface area (Å²) < 4.78 is 32.4. The number of para-hydroxylation sites is 2. The van der Waals surface area contributed by atoms with E-state index in [1.54, 1.807) is 31.2 Å². The highest BCUT2D eigenvalue weighted by Gasteiger charge is 2.23. The first-order chi connectivity index (χ1) is 9.54. The monoisotopic (exact) mass is 282 g/mol. The number of hydrogen-bond donors (Lipinski definition) is 0. The Labute approximate surface area is 115 Å². The summed E-state index contributed by atoms with van der Waals surface area (Å²) in [6.07, 6.45) is 0.103. The second kappa shape index (κ2) is 5.98. The fourth-order valence-corrected chi connectivity index (χ4v) is 2.07. The number of nitrogens with zero attached hydrogens (tertiary/aromatic N) is 2. The van der Waals surface area contributed by atoms with Crippen molar-refractivity contribution in [3.63, 3.8) is 0 Å². The molecule has 0 aliphatic rings. The van der Waals surface area contributed by atoms with Crippen LogP contribution in [0.4, 0.5) is 8.78 Å². The number of carbonyl (C=O) groups excluding carboxylic acids is 1. The summed E-state index contributed by atoms with van der Waals surface area (Å²) in [5.74, 6) is -0.349. The number of benzene rings is 1. The van der Waals surface area contributed by atoms with Gasteiger partial charge >= 0.3 is 12.5 Å². The summed E-state index contributed by atoms with van der Waals surface area (Å²) in [5, 5.41) is 0. The predicted octanol–water partition coefficient (Wildman–Crippen LogP) is 3.84. The average molecular weight is 282 g/mol. The number of halogens is 2. The lowest BCUT2D eigenvalue weighted by Crippen LogP contribution is -2.14. The summed E-state index contributed by atoms with van der Waals surface area (Å²) in [6, 6.07) is 6.61. The number of hydrogen-bond acceptors (Lipinski definition) is 3. The third-order valence-electron chi connectivity index (χ3n) is 2.94. The first-order valence-corrected chi connectivity index (χ1v) is 6.49. The molecule has 1 atom stereocenters. The fourth-order valence-electron chi connectivity index (χ4n) is 2.07. The van der Waals surface area contributed by atoms with Gasteiger partial charge in [-0.2, -0.15) is 8.78 Å². The van der Waals surface area contributed by atoms with E-state index in [0.717, 1.165) is 4.57 Å². The zero-order valence-electron chi connectivity index (χ0n) is 11.3. The van der Waals surface area contributed by atoms with Crippen molar-refractivity contribution in [3.8, 4) is 0 Å². The molecule has 0 saturated carbocycles. The van der Waals surface area contributed by atoms with Crippen LogP contribution in [0.5, 0.6) is 0 Å². The summed E-state index contributed by atoms with van der Waals surface area (Å²) in [7, 11) is 0. The molecule has 0 aliphatic carbocycles. The van der Waals surface area contributed by atoms with Crippen LogP contribution in [0.2, 0.25) is 0 Å². The molecular weight excluding hydrogens is 266 g/mol. The minimum absolute atomic E-state index is 0.0608. The van der Waals surface area contributed by atoms with E-state index in [1.165, 1.54) is 0 Å². The van der Waals surface area contributed by atoms with E-state index in [0.29, 0.717) is 17.5 Å². The smallest absolute Gasteiger partial charge is 0.320 e. The maximum absolute atomic E-state index is 13.2. The number of imidazole rings is 1. The van der Waals surface area contributed by atoms with Gasteiger partial charge in [0.1, 0.15) is 0 Å². The Hall–Kier alpha value is -1.98. The molecule has 1 aromatic carbocycles. The normalized spacial score (nSPS) is 12.8. The molecule has 20 heavy (non-hydrogen) atoms. The van der Waals surface area contributed by atoms with E-state index in [1.807, 2.05) is 6.92 Å². The Bertz CT molecular complexity index is 610. The molecule has 2 rings (SSSR count). The number of fused-ring (bicyclic) bond motifs is 1. The first-order valence-electron chi connectivity index (χ1n) is 6.49.